The van der Waals surface area contributed by atoms with Crippen LogP contribution >= 0.6 is 0 Å². The maximum absolute atomic E-state index is 7.84. The Bertz CT molecular complexity index is 12.4. The average molecular weight is 76.1 g/mol. The molecule has 0 bridgehead atoms. The Morgan fingerprint density at radius 3 is 2.40 bits per heavy atom. The minimum absolute atomic E-state index is 0.156. The highest BCUT2D eigenvalue weighted by Crippen LogP contribution is 1.61. The van der Waals surface area contributed by atoms with Crippen molar-refractivity contribution in [2.24, 2.45) is 0 Å². The highest BCUT2D eigenvalue weighted by molar-refractivity contribution is 3.98. The van der Waals surface area contributed by atoms with Gasteiger partial charge in [-0.3, -0.25) is 0 Å². The number of aliphatic hydroxyl groups excluding tert-OH is 1. The fourth-order valence-corrected chi connectivity index (χ4v) is 0.0913. The quantitative estimate of drug-likeness (QED) is 0.468. The zero-order valence-electron chi connectivity index (χ0n) is 3.27. The number of aliphatic hydroxyl groups is 1. The van der Waals surface area contributed by atoms with Gasteiger partial charge in [0.1, 0.15) is 6.79 Å². The van der Waals surface area contributed by atoms with Gasteiger partial charge in [-0.15, -0.1) is 0 Å². The van der Waals surface area contributed by atoms with Crippen molar-refractivity contribution in [3.63, 3.8) is 0 Å². The molecule has 0 fully saturated rings. The monoisotopic (exact) mass is 76.1 g/mol. The van der Waals surface area contributed by atoms with Gasteiger partial charge in [0.2, 0.25) is 0 Å². The Kier molecular flexibility index (Phi) is 3.86. The minimum Gasteiger partial charge on any atom is -0.371 e. The topological polar surface area (TPSA) is 29.5 Å². The molecule has 0 aromatic carbocycles. The van der Waals surface area contributed by atoms with E-state index < -0.39 is 0 Å². The van der Waals surface area contributed by atoms with Crippen LogP contribution in [0.15, 0.2) is 0 Å². The van der Waals surface area contributed by atoms with Gasteiger partial charge < -0.3 is 9.84 Å². The first-order valence-electron chi connectivity index (χ1n) is 1.60. The first-order chi connectivity index (χ1) is 2.41. The third-order valence-electron chi connectivity index (χ3n) is 0.295. The van der Waals surface area contributed by atoms with E-state index in [1.807, 2.05) is 6.92 Å². The van der Waals surface area contributed by atoms with Crippen LogP contribution in [-0.2, 0) is 4.74 Å². The second-order valence-corrected chi connectivity index (χ2v) is 0.622. The molecule has 0 aromatic rings. The molecule has 0 rings (SSSR count). The summed E-state index contributed by atoms with van der Waals surface area (Å²) < 4.78 is 4.39. The molecule has 0 amide bonds. The van der Waals surface area contributed by atoms with Gasteiger partial charge in [-0.1, -0.05) is 0 Å². The lowest BCUT2D eigenvalue weighted by Gasteiger charge is -1.85. The molecule has 0 radical (unpaired) electrons. The van der Waals surface area contributed by atoms with Crippen LogP contribution in [0.4, 0.5) is 0 Å². The molecular formula is C3H8O2. The zero-order valence-corrected chi connectivity index (χ0v) is 3.27. The van der Waals surface area contributed by atoms with E-state index in [1.54, 1.807) is 0 Å². The minimum atomic E-state index is -0.156. The van der Waals surface area contributed by atoms with Crippen molar-refractivity contribution in [2.45, 2.75) is 6.92 Å². The molecule has 5 heavy (non-hydrogen) atoms. The molecule has 0 spiro atoms. The highest BCUT2D eigenvalue weighted by Gasteiger charge is 1.64. The van der Waals surface area contributed by atoms with Crippen molar-refractivity contribution in [3.8, 4) is 0 Å². The molecule has 0 saturated heterocycles. The Morgan fingerprint density at radius 1 is 1.80 bits per heavy atom. The summed E-state index contributed by atoms with van der Waals surface area (Å²) >= 11 is 0. The molecule has 2 heteroatoms. The number of ether oxygens (including phenoxy) is 1. The summed E-state index contributed by atoms with van der Waals surface area (Å²) in [4.78, 5) is 0. The second kappa shape index (κ2) is 3.92. The van der Waals surface area contributed by atoms with Crippen molar-refractivity contribution in [3.05, 3.63) is 0 Å². The molecule has 0 unspecified atom stereocenters. The van der Waals surface area contributed by atoms with Crippen LogP contribution in [0.5, 0.6) is 0 Å². The zero-order chi connectivity index (χ0) is 4.12. The summed E-state index contributed by atoms with van der Waals surface area (Å²) in [6, 6.07) is 0. The Balaban J connectivity index is 2.19. The summed E-state index contributed by atoms with van der Waals surface area (Å²) in [7, 11) is 0. The fourth-order valence-electron chi connectivity index (χ4n) is 0.0913. The molecule has 1 N–H and O–H groups in total. The predicted molar refractivity (Wildman–Crippen MR) is 18.7 cm³/mol. The normalized spacial score (nSPS) is 8.40. The molecule has 0 atom stereocenters. The summed E-state index contributed by atoms with van der Waals surface area (Å²) in [5.41, 5.74) is 0. The third-order valence-corrected chi connectivity index (χ3v) is 0.295. The van der Waals surface area contributed by atoms with E-state index in [1.165, 1.54) is 0 Å². The first-order valence-corrected chi connectivity index (χ1v) is 1.60. The van der Waals surface area contributed by atoms with Gasteiger partial charge in [0.15, 0.2) is 0 Å². The lowest BCUT2D eigenvalue weighted by atomic mass is 10.9. The van der Waals surface area contributed by atoms with Crippen LogP contribution < -0.4 is 0 Å². The van der Waals surface area contributed by atoms with Gasteiger partial charge in [0.25, 0.3) is 0 Å². The molecule has 0 saturated carbocycles. The van der Waals surface area contributed by atoms with E-state index in [-0.39, 0.29) is 6.79 Å². The van der Waals surface area contributed by atoms with E-state index in [0.29, 0.717) is 6.61 Å². The van der Waals surface area contributed by atoms with Crippen molar-refractivity contribution in [1.82, 2.24) is 0 Å². The van der Waals surface area contributed by atoms with Crippen LogP contribution in [0.2, 0.25) is 0 Å². The Morgan fingerprint density at radius 2 is 2.40 bits per heavy atom. The molecular weight excluding hydrogens is 68.0 g/mol. The summed E-state index contributed by atoms with van der Waals surface area (Å²) in [5, 5.41) is 7.84. The molecule has 0 aliphatic heterocycles. The number of hydrogen-bond donors (Lipinski definition) is 1. The molecule has 32 valence electrons. The lowest BCUT2D eigenvalue weighted by molar-refractivity contribution is 0.00540. The smallest absolute Gasteiger partial charge is 0.143 e. The van der Waals surface area contributed by atoms with Crippen molar-refractivity contribution in [1.29, 1.82) is 0 Å². The molecule has 0 aromatic heterocycles. The summed E-state index contributed by atoms with van der Waals surface area (Å²) in [6.45, 7) is 2.27. The summed E-state index contributed by atoms with van der Waals surface area (Å²) in [6.07, 6.45) is 0. The fraction of sp³-hybridized carbons (Fsp3) is 1.00. The van der Waals surface area contributed by atoms with Gasteiger partial charge in [0.05, 0.1) is 0 Å². The standard InChI is InChI=1S/C3H8O2/c1-2-5-3-4/h4H,2-3H2,1H3. The van der Waals surface area contributed by atoms with Crippen LogP contribution in [0.1, 0.15) is 6.92 Å². The van der Waals surface area contributed by atoms with Crippen molar-refractivity contribution < 1.29 is 9.84 Å². The summed E-state index contributed by atoms with van der Waals surface area (Å²) in [5.74, 6) is 0. The van der Waals surface area contributed by atoms with E-state index in [0.717, 1.165) is 0 Å². The average Bonchev–Trinajstić information content (AvgIpc) is 1.41. The molecule has 0 aliphatic rings. The van der Waals surface area contributed by atoms with E-state index in [4.69, 9.17) is 5.11 Å². The maximum atomic E-state index is 7.84. The molecule has 0 aliphatic carbocycles. The van der Waals surface area contributed by atoms with Crippen molar-refractivity contribution >= 4 is 0 Å². The van der Waals surface area contributed by atoms with Crippen LogP contribution in [0, 0.1) is 0 Å². The van der Waals surface area contributed by atoms with Gasteiger partial charge in [0, 0.05) is 6.61 Å². The Labute approximate surface area is 31.4 Å². The Hall–Kier alpha value is -0.0800. The number of rotatable bonds is 2. The largest absolute Gasteiger partial charge is 0.371 e. The van der Waals surface area contributed by atoms with Gasteiger partial charge >= 0.3 is 0 Å². The maximum Gasteiger partial charge on any atom is 0.143 e. The van der Waals surface area contributed by atoms with Crippen molar-refractivity contribution in [2.75, 3.05) is 13.4 Å². The molecule has 0 heterocycles. The van der Waals surface area contributed by atoms with E-state index in [9.17, 15) is 0 Å². The highest BCUT2D eigenvalue weighted by atomic mass is 16.6. The predicted octanol–water partition coefficient (Wildman–Crippen LogP) is -0.0273. The van der Waals surface area contributed by atoms with Gasteiger partial charge in [-0.05, 0) is 6.92 Å². The van der Waals surface area contributed by atoms with Crippen LogP contribution in [0.3, 0.4) is 0 Å². The SMILES string of the molecule is CCOCO. The van der Waals surface area contributed by atoms with E-state index >= 15 is 0 Å². The van der Waals surface area contributed by atoms with Crippen LogP contribution in [0.25, 0.3) is 0 Å². The molecule has 2 nitrogen and oxygen atoms in total. The first kappa shape index (κ1) is 4.92. The van der Waals surface area contributed by atoms with Gasteiger partial charge in [-0.25, -0.2) is 0 Å². The third kappa shape index (κ3) is 3.92. The number of hydrogen-bond acceptors (Lipinski definition) is 2. The van der Waals surface area contributed by atoms with E-state index in [2.05, 4.69) is 4.74 Å². The lowest BCUT2D eigenvalue weighted by Crippen LogP contribution is -1.88. The van der Waals surface area contributed by atoms with Gasteiger partial charge in [-0.2, -0.15) is 0 Å². The van der Waals surface area contributed by atoms with Crippen LogP contribution in [-0.4, -0.2) is 18.5 Å². The second-order valence-electron chi connectivity index (χ2n) is 0.622.